The molecule has 0 unspecified atom stereocenters. The van der Waals surface area contributed by atoms with Crippen molar-refractivity contribution in [2.45, 2.75) is 53.9 Å². The Balaban J connectivity index is 0.00000172. The summed E-state index contributed by atoms with van der Waals surface area (Å²) in [7, 11) is 0. The third-order valence-corrected chi connectivity index (χ3v) is 2.91. The van der Waals surface area contributed by atoms with Crippen LogP contribution >= 0.6 is 0 Å². The molecule has 112 valence electrons. The number of anilines is 1. The van der Waals surface area contributed by atoms with Gasteiger partial charge in [-0.2, -0.15) is 5.10 Å². The predicted octanol–water partition coefficient (Wildman–Crippen LogP) is 5.11. The third-order valence-electron chi connectivity index (χ3n) is 2.91. The molecule has 1 rings (SSSR count). The quantitative estimate of drug-likeness (QED) is 0.579. The highest BCUT2D eigenvalue weighted by atomic mass is 16.3. The minimum absolute atomic E-state index is 0.325. The van der Waals surface area contributed by atoms with E-state index in [1.807, 2.05) is 39.1 Å². The normalized spacial score (nSPS) is 10.6. The summed E-state index contributed by atoms with van der Waals surface area (Å²) in [5.74, 6) is 0.325. The molecular weight excluding hydrogens is 248 g/mol. The molecule has 1 N–H and O–H groups in total. The number of allylic oxidation sites excluding steroid dienone is 1. The molecular formula is C17H28N2O. The molecule has 0 amide bonds. The predicted molar refractivity (Wildman–Crippen MR) is 89.5 cm³/mol. The maximum Gasteiger partial charge on any atom is 0.120 e. The van der Waals surface area contributed by atoms with Crippen LogP contribution in [0, 0.1) is 0 Å². The van der Waals surface area contributed by atoms with Crippen molar-refractivity contribution in [3.05, 3.63) is 35.5 Å². The molecule has 0 heterocycles. The molecule has 0 aliphatic carbocycles. The van der Waals surface area contributed by atoms with Crippen molar-refractivity contribution in [2.75, 3.05) is 5.01 Å². The molecule has 0 saturated heterocycles. The van der Waals surface area contributed by atoms with E-state index in [0.29, 0.717) is 5.75 Å². The largest absolute Gasteiger partial charge is 0.508 e. The molecule has 0 aliphatic rings. The second kappa shape index (κ2) is 10.1. The van der Waals surface area contributed by atoms with E-state index in [0.717, 1.165) is 30.5 Å². The number of nitrogens with zero attached hydrogens (tertiary/aromatic N) is 2. The SMILES string of the molecule is C=NN(/C=C(/C)CC)c1ccc(CCC)c(O)c1.CC. The fraction of sp³-hybridized carbons (Fsp3) is 0.471. The van der Waals surface area contributed by atoms with Gasteiger partial charge >= 0.3 is 0 Å². The number of aryl methyl sites for hydroxylation is 1. The third kappa shape index (κ3) is 5.47. The van der Waals surface area contributed by atoms with E-state index in [1.165, 1.54) is 5.57 Å². The second-order valence-corrected chi connectivity index (χ2v) is 4.38. The summed E-state index contributed by atoms with van der Waals surface area (Å²) >= 11 is 0. The smallest absolute Gasteiger partial charge is 0.120 e. The first kappa shape index (κ1) is 18.2. The van der Waals surface area contributed by atoms with Crippen LogP contribution in [-0.4, -0.2) is 11.8 Å². The van der Waals surface area contributed by atoms with Gasteiger partial charge in [-0.3, -0.25) is 0 Å². The van der Waals surface area contributed by atoms with Gasteiger partial charge in [0.1, 0.15) is 5.75 Å². The Hall–Kier alpha value is -1.77. The number of hydrogen-bond acceptors (Lipinski definition) is 3. The Morgan fingerprint density at radius 2 is 2.00 bits per heavy atom. The number of phenolic OH excluding ortho intramolecular Hbond substituents is 1. The van der Waals surface area contributed by atoms with Gasteiger partial charge in [-0.15, -0.1) is 0 Å². The first-order valence-corrected chi connectivity index (χ1v) is 7.37. The molecule has 0 spiro atoms. The molecule has 3 nitrogen and oxygen atoms in total. The molecule has 0 atom stereocenters. The number of rotatable bonds is 6. The summed E-state index contributed by atoms with van der Waals surface area (Å²) in [6, 6.07) is 5.64. The summed E-state index contributed by atoms with van der Waals surface area (Å²) in [5.41, 5.74) is 3.01. The summed E-state index contributed by atoms with van der Waals surface area (Å²) in [6.45, 7) is 13.8. The molecule has 0 radical (unpaired) electrons. The summed E-state index contributed by atoms with van der Waals surface area (Å²) in [6.07, 6.45) is 4.80. The Morgan fingerprint density at radius 1 is 1.35 bits per heavy atom. The molecule has 20 heavy (non-hydrogen) atoms. The lowest BCUT2D eigenvalue weighted by atomic mass is 10.1. The molecule has 3 heteroatoms. The zero-order chi connectivity index (χ0) is 15.5. The van der Waals surface area contributed by atoms with Crippen LogP contribution < -0.4 is 5.01 Å². The second-order valence-electron chi connectivity index (χ2n) is 4.38. The topological polar surface area (TPSA) is 35.8 Å². The Bertz CT molecular complexity index is 439. The maximum absolute atomic E-state index is 9.95. The summed E-state index contributed by atoms with van der Waals surface area (Å²) in [4.78, 5) is 0. The van der Waals surface area contributed by atoms with Gasteiger partial charge in [0, 0.05) is 19.0 Å². The highest BCUT2D eigenvalue weighted by Crippen LogP contribution is 2.26. The van der Waals surface area contributed by atoms with E-state index >= 15 is 0 Å². The van der Waals surface area contributed by atoms with Crippen LogP contribution in [0.1, 0.15) is 53.0 Å². The minimum atomic E-state index is 0.325. The lowest BCUT2D eigenvalue weighted by Gasteiger charge is -2.16. The highest BCUT2D eigenvalue weighted by molar-refractivity contribution is 5.56. The minimum Gasteiger partial charge on any atom is -0.508 e. The van der Waals surface area contributed by atoms with Crippen LogP contribution in [0.4, 0.5) is 5.69 Å². The lowest BCUT2D eigenvalue weighted by molar-refractivity contribution is 0.467. The number of hydrogen-bond donors (Lipinski definition) is 1. The van der Waals surface area contributed by atoms with Crippen LogP contribution in [0.15, 0.2) is 35.1 Å². The summed E-state index contributed by atoms with van der Waals surface area (Å²) < 4.78 is 0. The fourth-order valence-electron chi connectivity index (χ4n) is 1.67. The monoisotopic (exact) mass is 276 g/mol. The summed E-state index contributed by atoms with van der Waals surface area (Å²) in [5, 5.41) is 15.6. The van der Waals surface area contributed by atoms with Crippen LogP contribution in [0.25, 0.3) is 0 Å². The number of hydrazone groups is 1. The average Bonchev–Trinajstić information content (AvgIpc) is 2.48. The molecule has 0 aromatic heterocycles. The van der Waals surface area contributed by atoms with Gasteiger partial charge in [0.15, 0.2) is 0 Å². The van der Waals surface area contributed by atoms with Crippen LogP contribution in [-0.2, 0) is 6.42 Å². The van der Waals surface area contributed by atoms with E-state index in [2.05, 4.69) is 25.7 Å². The zero-order valence-electron chi connectivity index (χ0n) is 13.5. The average molecular weight is 276 g/mol. The van der Waals surface area contributed by atoms with Gasteiger partial charge in [0.2, 0.25) is 0 Å². The van der Waals surface area contributed by atoms with Gasteiger partial charge < -0.3 is 5.11 Å². The van der Waals surface area contributed by atoms with Crippen LogP contribution in [0.3, 0.4) is 0 Å². The van der Waals surface area contributed by atoms with E-state index in [-0.39, 0.29) is 0 Å². The Labute approximate surface area is 123 Å². The van der Waals surface area contributed by atoms with E-state index < -0.39 is 0 Å². The van der Waals surface area contributed by atoms with Crippen molar-refractivity contribution in [3.63, 3.8) is 0 Å². The van der Waals surface area contributed by atoms with Gasteiger partial charge in [0.25, 0.3) is 0 Å². The van der Waals surface area contributed by atoms with Crippen LogP contribution in [0.5, 0.6) is 5.75 Å². The number of phenols is 1. The van der Waals surface area contributed by atoms with Crippen molar-refractivity contribution in [3.8, 4) is 5.75 Å². The molecule has 1 aromatic carbocycles. The van der Waals surface area contributed by atoms with E-state index in [4.69, 9.17) is 0 Å². The van der Waals surface area contributed by atoms with Crippen molar-refractivity contribution in [1.82, 2.24) is 0 Å². The highest BCUT2D eigenvalue weighted by Gasteiger charge is 2.06. The first-order valence-electron chi connectivity index (χ1n) is 7.37. The van der Waals surface area contributed by atoms with Crippen molar-refractivity contribution in [1.29, 1.82) is 0 Å². The van der Waals surface area contributed by atoms with Gasteiger partial charge in [0.05, 0.1) is 5.69 Å². The molecule has 0 bridgehead atoms. The molecule has 0 aliphatic heterocycles. The van der Waals surface area contributed by atoms with Gasteiger partial charge in [-0.05, 0) is 31.4 Å². The van der Waals surface area contributed by atoms with Crippen LogP contribution in [0.2, 0.25) is 0 Å². The van der Waals surface area contributed by atoms with E-state index in [9.17, 15) is 5.11 Å². The fourth-order valence-corrected chi connectivity index (χ4v) is 1.67. The standard InChI is InChI=1S/C15H22N2O.C2H6/c1-5-7-13-8-9-14(10-15(13)18)17(16-4)11-12(3)6-2;1-2/h8-11,18H,4-7H2,1-3H3;1-2H3/b12-11-;. The van der Waals surface area contributed by atoms with Gasteiger partial charge in [-0.25, -0.2) is 5.01 Å². The Morgan fingerprint density at radius 3 is 2.45 bits per heavy atom. The number of aromatic hydroxyl groups is 1. The molecule has 1 aromatic rings. The Kier molecular flexibility index (Phi) is 9.18. The molecule has 0 saturated carbocycles. The number of benzene rings is 1. The van der Waals surface area contributed by atoms with Crippen molar-refractivity contribution in [2.24, 2.45) is 5.10 Å². The maximum atomic E-state index is 9.95. The zero-order valence-corrected chi connectivity index (χ0v) is 13.5. The molecule has 0 fully saturated rings. The first-order chi connectivity index (χ1) is 9.62. The van der Waals surface area contributed by atoms with Gasteiger partial charge in [-0.1, -0.05) is 45.8 Å². The van der Waals surface area contributed by atoms with E-state index in [1.54, 1.807) is 11.1 Å². The van der Waals surface area contributed by atoms with Crippen molar-refractivity contribution < 1.29 is 5.11 Å². The van der Waals surface area contributed by atoms with Crippen molar-refractivity contribution >= 4 is 12.4 Å². The lowest BCUT2D eigenvalue weighted by Crippen LogP contribution is -2.07.